The zero-order valence-corrected chi connectivity index (χ0v) is 15.3. The highest BCUT2D eigenvalue weighted by Gasteiger charge is 2.34. The number of benzene rings is 1. The lowest BCUT2D eigenvalue weighted by molar-refractivity contribution is -0.138. The highest BCUT2D eigenvalue weighted by atomic mass is 19.4. The molecule has 1 amide bonds. The van der Waals surface area contributed by atoms with Gasteiger partial charge < -0.3 is 20.8 Å². The van der Waals surface area contributed by atoms with Crippen molar-refractivity contribution < 1.29 is 22.7 Å². The number of carbonyl (C=O) groups excluding carboxylic acids is 1. The van der Waals surface area contributed by atoms with Crippen molar-refractivity contribution in [3.63, 3.8) is 0 Å². The Morgan fingerprint density at radius 3 is 2.54 bits per heavy atom. The normalized spacial score (nSPS) is 20.0. The Morgan fingerprint density at radius 1 is 1.32 bits per heavy atom. The molecule has 1 aromatic carbocycles. The van der Waals surface area contributed by atoms with Crippen LogP contribution in [0.3, 0.4) is 0 Å². The number of alkyl halides is 3. The van der Waals surface area contributed by atoms with Crippen molar-refractivity contribution in [2.45, 2.75) is 44.0 Å². The van der Waals surface area contributed by atoms with E-state index in [2.05, 4.69) is 10.6 Å². The molecule has 0 heterocycles. The maximum Gasteiger partial charge on any atom is 0.417 e. The lowest BCUT2D eigenvalue weighted by Crippen LogP contribution is -2.40. The van der Waals surface area contributed by atoms with Gasteiger partial charge in [-0.1, -0.05) is 0 Å². The van der Waals surface area contributed by atoms with Crippen LogP contribution >= 0.6 is 0 Å². The van der Waals surface area contributed by atoms with E-state index in [1.54, 1.807) is 7.05 Å². The van der Waals surface area contributed by atoms with Crippen molar-refractivity contribution in [2.75, 3.05) is 7.05 Å². The van der Waals surface area contributed by atoms with E-state index in [1.165, 1.54) is 18.3 Å². The molecule has 9 heteroatoms. The number of amides is 1. The lowest BCUT2D eigenvalue weighted by atomic mass is 9.92. The fraction of sp³-hybridized carbons (Fsp3) is 0.421. The molecule has 150 valence electrons. The first-order chi connectivity index (χ1) is 13.3. The number of hydrogen-bond donors (Lipinski definition) is 3. The highest BCUT2D eigenvalue weighted by molar-refractivity contribution is 6.11. The first-order valence-electron chi connectivity index (χ1n) is 8.75. The predicted octanol–water partition coefficient (Wildman–Crippen LogP) is 3.14. The average molecular weight is 394 g/mol. The maximum atomic E-state index is 13.0. The van der Waals surface area contributed by atoms with Crippen LogP contribution in [0.4, 0.5) is 13.2 Å². The Balaban J connectivity index is 1.94. The maximum absolute atomic E-state index is 13.0. The molecule has 28 heavy (non-hydrogen) atoms. The van der Waals surface area contributed by atoms with Crippen LogP contribution in [-0.4, -0.2) is 31.3 Å². The summed E-state index contributed by atoms with van der Waals surface area (Å²) in [6.45, 7) is 0. The number of rotatable bonds is 6. The topological polar surface area (TPSA) is 98.0 Å². The molecule has 0 atom stereocenters. The molecule has 0 radical (unpaired) electrons. The summed E-state index contributed by atoms with van der Waals surface area (Å²) in [6.07, 6.45) is -0.127. The Labute approximate surface area is 160 Å². The molecule has 3 N–H and O–H groups in total. The van der Waals surface area contributed by atoms with Crippen LogP contribution in [0.1, 0.15) is 36.8 Å². The largest absolute Gasteiger partial charge is 0.490 e. The zero-order chi connectivity index (χ0) is 20.7. The van der Waals surface area contributed by atoms with E-state index in [9.17, 15) is 18.0 Å². The van der Waals surface area contributed by atoms with Crippen molar-refractivity contribution in [3.8, 4) is 11.8 Å². The van der Waals surface area contributed by atoms with Crippen LogP contribution in [0.15, 0.2) is 30.0 Å². The van der Waals surface area contributed by atoms with Gasteiger partial charge in [-0.15, -0.1) is 0 Å². The van der Waals surface area contributed by atoms with Gasteiger partial charge in [0.05, 0.1) is 28.9 Å². The predicted molar refractivity (Wildman–Crippen MR) is 96.9 cm³/mol. The molecule has 6 nitrogen and oxygen atoms in total. The smallest absolute Gasteiger partial charge is 0.417 e. The van der Waals surface area contributed by atoms with E-state index in [0.29, 0.717) is 25.7 Å². The lowest BCUT2D eigenvalue weighted by Gasteiger charge is -2.29. The van der Waals surface area contributed by atoms with E-state index < -0.39 is 17.3 Å². The molecular weight excluding hydrogens is 373 g/mol. The molecule has 1 aliphatic carbocycles. The summed E-state index contributed by atoms with van der Waals surface area (Å²) in [6, 6.07) is 4.78. The van der Waals surface area contributed by atoms with E-state index in [4.69, 9.17) is 15.4 Å². The van der Waals surface area contributed by atoms with Crippen LogP contribution in [0.5, 0.6) is 5.75 Å². The Bertz CT molecular complexity index is 791. The molecule has 1 fully saturated rings. The summed E-state index contributed by atoms with van der Waals surface area (Å²) in [4.78, 5) is 12.1. The monoisotopic (exact) mass is 394 g/mol. The summed E-state index contributed by atoms with van der Waals surface area (Å²) in [5.41, 5.74) is -1.25. The molecule has 0 bridgehead atoms. The van der Waals surface area contributed by atoms with Gasteiger partial charge >= 0.3 is 6.18 Å². The second kappa shape index (κ2) is 9.26. The van der Waals surface area contributed by atoms with Crippen molar-refractivity contribution in [1.29, 1.82) is 10.7 Å². The molecule has 0 aliphatic heterocycles. The summed E-state index contributed by atoms with van der Waals surface area (Å²) >= 11 is 0. The minimum atomic E-state index is -4.63. The zero-order valence-electron chi connectivity index (χ0n) is 15.3. The van der Waals surface area contributed by atoms with Gasteiger partial charge in [-0.3, -0.25) is 4.79 Å². The highest BCUT2D eigenvalue weighted by Crippen LogP contribution is 2.35. The molecular formula is C19H21F3N4O2. The van der Waals surface area contributed by atoms with E-state index in [-0.39, 0.29) is 29.4 Å². The second-order valence-electron chi connectivity index (χ2n) is 6.41. The van der Waals surface area contributed by atoms with Crippen molar-refractivity contribution >= 4 is 12.1 Å². The van der Waals surface area contributed by atoms with E-state index in [1.807, 2.05) is 0 Å². The third-order valence-electron chi connectivity index (χ3n) is 4.45. The fourth-order valence-corrected chi connectivity index (χ4v) is 3.04. The standard InChI is InChI=1S/C19H21F3N4O2/c1-25-11-13(10-24)18(27)26-14-3-6-15(7-4-14)28-16-5-2-12(9-23)17(8-16)19(20,21)22/h2,5,8,10-11,14-15,24-25H,3-4,6-7H2,1H3,(H,26,27)/b13-11+,24-10?/t14-,15-. The van der Waals surface area contributed by atoms with Gasteiger partial charge in [0.1, 0.15) is 5.75 Å². The van der Waals surface area contributed by atoms with E-state index >= 15 is 0 Å². The Kier molecular flexibility index (Phi) is 7.04. The van der Waals surface area contributed by atoms with Gasteiger partial charge in [-0.25, -0.2) is 0 Å². The molecule has 1 aromatic rings. The van der Waals surface area contributed by atoms with E-state index in [0.717, 1.165) is 18.3 Å². The minimum absolute atomic E-state index is 0.0712. The average Bonchev–Trinajstić information content (AvgIpc) is 2.66. The Morgan fingerprint density at radius 2 is 2.00 bits per heavy atom. The van der Waals surface area contributed by atoms with Crippen molar-refractivity contribution in [3.05, 3.63) is 41.1 Å². The SMILES string of the molecule is CN/C=C(\C=N)C(=O)N[C@H]1CC[C@H](Oc2ccc(C#N)c(C(F)(F)F)c2)CC1. The summed E-state index contributed by atoms with van der Waals surface area (Å²) in [5, 5.41) is 21.6. The van der Waals surface area contributed by atoms with Crippen molar-refractivity contribution in [1.82, 2.24) is 10.6 Å². The van der Waals surface area contributed by atoms with Crippen LogP contribution in [0.2, 0.25) is 0 Å². The number of halogens is 3. The molecule has 0 saturated heterocycles. The van der Waals surface area contributed by atoms with Gasteiger partial charge in [-0.2, -0.15) is 18.4 Å². The van der Waals surface area contributed by atoms with Crippen LogP contribution in [-0.2, 0) is 11.0 Å². The number of carbonyl (C=O) groups is 1. The summed E-state index contributed by atoms with van der Waals surface area (Å²) < 4.78 is 44.8. The molecule has 2 rings (SSSR count). The molecule has 1 saturated carbocycles. The van der Waals surface area contributed by atoms with Gasteiger partial charge in [0, 0.05) is 25.5 Å². The summed E-state index contributed by atoms with van der Waals surface area (Å²) in [7, 11) is 1.63. The van der Waals surface area contributed by atoms with Gasteiger partial charge in [0.25, 0.3) is 5.91 Å². The number of nitrogens with zero attached hydrogens (tertiary/aromatic N) is 1. The number of hydrogen-bond acceptors (Lipinski definition) is 5. The number of nitrogens with one attached hydrogen (secondary N) is 3. The van der Waals surface area contributed by atoms with Gasteiger partial charge in [-0.05, 0) is 43.9 Å². The molecule has 0 spiro atoms. The third kappa shape index (κ3) is 5.49. The van der Waals surface area contributed by atoms with Gasteiger partial charge in [0.2, 0.25) is 0 Å². The van der Waals surface area contributed by atoms with Crippen LogP contribution < -0.4 is 15.4 Å². The second-order valence-corrected chi connectivity index (χ2v) is 6.41. The summed E-state index contributed by atoms with van der Waals surface area (Å²) in [5.74, 6) is -0.280. The fourth-order valence-electron chi connectivity index (χ4n) is 3.04. The Hall–Kier alpha value is -3.02. The van der Waals surface area contributed by atoms with Crippen LogP contribution in [0, 0.1) is 16.7 Å². The minimum Gasteiger partial charge on any atom is -0.490 e. The molecule has 0 unspecified atom stereocenters. The van der Waals surface area contributed by atoms with Gasteiger partial charge in [0.15, 0.2) is 0 Å². The number of ether oxygens (including phenoxy) is 1. The van der Waals surface area contributed by atoms with Crippen LogP contribution in [0.25, 0.3) is 0 Å². The molecule has 0 aromatic heterocycles. The molecule has 1 aliphatic rings. The van der Waals surface area contributed by atoms with Crippen molar-refractivity contribution in [2.24, 2.45) is 0 Å². The quantitative estimate of drug-likeness (QED) is 0.510. The first kappa shape index (κ1) is 21.3. The first-order valence-corrected chi connectivity index (χ1v) is 8.75. The number of nitriles is 1. The third-order valence-corrected chi connectivity index (χ3v) is 4.45.